The zero-order valence-electron chi connectivity index (χ0n) is 21.3. The lowest BCUT2D eigenvalue weighted by Gasteiger charge is -2.41. The van der Waals surface area contributed by atoms with E-state index >= 15 is 0 Å². The number of rotatable bonds is 9. The fraction of sp³-hybridized carbons (Fsp3) is 0.379. The van der Waals surface area contributed by atoms with Gasteiger partial charge in [-0.15, -0.1) is 0 Å². The molecular weight excluding hydrogens is 550 g/mol. The molecule has 1 saturated heterocycles. The Balaban J connectivity index is 1.51. The summed E-state index contributed by atoms with van der Waals surface area (Å²) in [5.74, 6) is -1.69. The second-order valence-corrected chi connectivity index (χ2v) is 11.7. The number of nitrogens with zero attached hydrogens (tertiary/aromatic N) is 1. The summed E-state index contributed by atoms with van der Waals surface area (Å²) in [5, 5.41) is 14.1. The topological polar surface area (TPSA) is 116 Å². The van der Waals surface area contributed by atoms with Crippen molar-refractivity contribution >= 4 is 50.8 Å². The Hall–Kier alpha value is -3.30. The number of hydrogen-bond acceptors (Lipinski definition) is 5. The Morgan fingerprint density at radius 3 is 2.08 bits per heavy atom. The van der Waals surface area contributed by atoms with E-state index in [2.05, 4.69) is 26.6 Å². The quantitative estimate of drug-likeness (QED) is 0.237. The first kappa shape index (κ1) is 26.3. The number of imide groups is 1. The molecule has 38 heavy (non-hydrogen) atoms. The molecule has 0 spiro atoms. The third kappa shape index (κ3) is 3.44. The molecule has 4 atom stereocenters. The van der Waals surface area contributed by atoms with E-state index in [-0.39, 0.29) is 30.7 Å². The number of alkyl halides is 1. The van der Waals surface area contributed by atoms with E-state index in [1.165, 1.54) is 4.90 Å². The zero-order chi connectivity index (χ0) is 27.3. The molecule has 3 N–H and O–H groups in total. The van der Waals surface area contributed by atoms with Crippen LogP contribution in [-0.2, 0) is 14.4 Å². The summed E-state index contributed by atoms with van der Waals surface area (Å²) >= 11 is 3.76. The van der Waals surface area contributed by atoms with Crippen LogP contribution in [0.1, 0.15) is 31.4 Å². The molecule has 8 nitrogen and oxygen atoms in total. The van der Waals surface area contributed by atoms with E-state index in [1.807, 2.05) is 74.5 Å². The first-order valence-corrected chi connectivity index (χ1v) is 13.5. The van der Waals surface area contributed by atoms with Crippen LogP contribution in [0.2, 0.25) is 0 Å². The van der Waals surface area contributed by atoms with Gasteiger partial charge in [0.2, 0.25) is 11.8 Å². The lowest BCUT2D eigenvalue weighted by molar-refractivity contribution is -0.144. The molecule has 2 unspecified atom stereocenters. The van der Waals surface area contributed by atoms with Crippen molar-refractivity contribution in [3.63, 3.8) is 0 Å². The highest BCUT2D eigenvalue weighted by atomic mass is 79.9. The van der Waals surface area contributed by atoms with Gasteiger partial charge in [-0.1, -0.05) is 76.6 Å². The number of halogens is 1. The minimum Gasteiger partial charge on any atom is -0.465 e. The number of nitrogens with one attached hydrogen (secondary N) is 2. The number of allylic oxidation sites excluding steroid dienone is 2. The number of ketones is 1. The van der Waals surface area contributed by atoms with Gasteiger partial charge in [0.05, 0.1) is 16.7 Å². The van der Waals surface area contributed by atoms with Gasteiger partial charge in [-0.05, 0) is 49.1 Å². The molecule has 2 fully saturated rings. The molecule has 198 valence electrons. The molecule has 5 rings (SSSR count). The predicted molar refractivity (Wildman–Crippen MR) is 146 cm³/mol. The number of carbonyl (C=O) groups excluding carboxylic acids is 3. The van der Waals surface area contributed by atoms with Crippen molar-refractivity contribution < 1.29 is 24.3 Å². The van der Waals surface area contributed by atoms with Gasteiger partial charge in [0, 0.05) is 19.6 Å². The summed E-state index contributed by atoms with van der Waals surface area (Å²) in [6.45, 7) is 5.06. The van der Waals surface area contributed by atoms with Crippen LogP contribution in [0.5, 0.6) is 0 Å². The van der Waals surface area contributed by atoms with Gasteiger partial charge in [-0.25, -0.2) is 4.79 Å². The highest BCUT2D eigenvalue weighted by molar-refractivity contribution is 9.10. The standard InChI is InChI=1S/C29H30BrN3O5/c1-27-20(18-10-5-3-6-11-18)21(19-12-7-4-8-13-19)28(2,24(27)35)29(30)22(27)23(34)33(25(29)36)17-9-14-31-15-16-32-26(37)38/h3-8,10-13,22,31-32H,9,14-17H2,1-2H3,(H,37,38)/t22?,27-,28-,29?/m0/s1. The number of amides is 3. The number of Topliss-reactive ketones (excluding diaryl/α,β-unsaturated/α-hetero) is 1. The number of carboxylic acid groups (broad SMARTS) is 1. The summed E-state index contributed by atoms with van der Waals surface area (Å²) in [6.07, 6.45) is -0.578. The first-order valence-electron chi connectivity index (χ1n) is 12.7. The SMILES string of the molecule is C[C@]12C(=O)[C@](C)(C(c3ccccc3)=C1c1ccccc1)C1(Br)C(=O)N(CCCNCCNC(=O)O)C(=O)C12. The van der Waals surface area contributed by atoms with Crippen LogP contribution in [0.25, 0.3) is 11.1 Å². The Labute approximate surface area is 229 Å². The van der Waals surface area contributed by atoms with Crippen LogP contribution >= 0.6 is 15.9 Å². The van der Waals surface area contributed by atoms with Crippen molar-refractivity contribution in [3.8, 4) is 0 Å². The average Bonchev–Trinajstić information content (AvgIpc) is 3.29. The van der Waals surface area contributed by atoms with Crippen molar-refractivity contribution in [2.45, 2.75) is 24.6 Å². The molecule has 2 aromatic carbocycles. The van der Waals surface area contributed by atoms with Gasteiger partial charge in [-0.2, -0.15) is 0 Å². The largest absolute Gasteiger partial charge is 0.465 e. The molecule has 3 aliphatic rings. The molecule has 1 heterocycles. The maximum absolute atomic E-state index is 14.4. The van der Waals surface area contributed by atoms with E-state index in [0.29, 0.717) is 19.5 Å². The van der Waals surface area contributed by atoms with Gasteiger partial charge in [0.1, 0.15) is 4.32 Å². The van der Waals surface area contributed by atoms with Crippen LogP contribution < -0.4 is 10.6 Å². The van der Waals surface area contributed by atoms with Crippen LogP contribution in [0.3, 0.4) is 0 Å². The molecular formula is C29H30BrN3O5. The normalized spacial score (nSPS) is 29.8. The maximum atomic E-state index is 14.4. The maximum Gasteiger partial charge on any atom is 0.404 e. The van der Waals surface area contributed by atoms with E-state index in [4.69, 9.17) is 5.11 Å². The van der Waals surface area contributed by atoms with Gasteiger partial charge in [0.25, 0.3) is 0 Å². The van der Waals surface area contributed by atoms with Crippen LogP contribution in [0.15, 0.2) is 60.7 Å². The van der Waals surface area contributed by atoms with Crippen LogP contribution in [0, 0.1) is 16.7 Å². The predicted octanol–water partition coefficient (Wildman–Crippen LogP) is 3.57. The van der Waals surface area contributed by atoms with E-state index < -0.39 is 27.2 Å². The molecule has 9 heteroatoms. The number of hydrogen-bond donors (Lipinski definition) is 3. The molecule has 2 bridgehead atoms. The number of fused-ring (bicyclic) bond motifs is 5. The van der Waals surface area contributed by atoms with Gasteiger partial charge >= 0.3 is 6.09 Å². The van der Waals surface area contributed by atoms with Crippen molar-refractivity contribution in [1.29, 1.82) is 0 Å². The summed E-state index contributed by atoms with van der Waals surface area (Å²) in [6, 6.07) is 19.3. The minimum absolute atomic E-state index is 0.112. The monoisotopic (exact) mass is 579 g/mol. The highest BCUT2D eigenvalue weighted by Crippen LogP contribution is 2.77. The Bertz CT molecular complexity index is 1350. The number of carbonyl (C=O) groups is 4. The van der Waals surface area contributed by atoms with Crippen molar-refractivity contribution in [1.82, 2.24) is 15.5 Å². The lowest BCUT2D eigenvalue weighted by Crippen LogP contribution is -2.50. The van der Waals surface area contributed by atoms with Gasteiger partial charge in [-0.3, -0.25) is 19.3 Å². The Morgan fingerprint density at radius 2 is 1.50 bits per heavy atom. The zero-order valence-corrected chi connectivity index (χ0v) is 22.9. The molecule has 1 aliphatic heterocycles. The molecule has 2 aromatic rings. The molecule has 3 amide bonds. The molecule has 0 radical (unpaired) electrons. The van der Waals surface area contributed by atoms with Gasteiger partial charge in [0.15, 0.2) is 5.78 Å². The van der Waals surface area contributed by atoms with Crippen molar-refractivity contribution in [2.75, 3.05) is 26.2 Å². The fourth-order valence-corrected chi connectivity index (χ4v) is 8.06. The van der Waals surface area contributed by atoms with Crippen LogP contribution in [0.4, 0.5) is 4.79 Å². The summed E-state index contributed by atoms with van der Waals surface area (Å²) in [4.78, 5) is 54.2. The minimum atomic E-state index is -1.38. The summed E-state index contributed by atoms with van der Waals surface area (Å²) in [5.41, 5.74) is 0.904. The Morgan fingerprint density at radius 1 is 0.921 bits per heavy atom. The first-order chi connectivity index (χ1) is 18.1. The third-order valence-electron chi connectivity index (χ3n) is 8.41. The van der Waals surface area contributed by atoms with E-state index in [9.17, 15) is 19.2 Å². The average molecular weight is 580 g/mol. The van der Waals surface area contributed by atoms with Crippen molar-refractivity contribution in [2.24, 2.45) is 16.7 Å². The number of benzene rings is 2. The smallest absolute Gasteiger partial charge is 0.404 e. The second-order valence-electron chi connectivity index (χ2n) is 10.4. The summed E-state index contributed by atoms with van der Waals surface area (Å²) < 4.78 is -1.38. The second kappa shape index (κ2) is 9.47. The van der Waals surface area contributed by atoms with Gasteiger partial charge < -0.3 is 15.7 Å². The third-order valence-corrected chi connectivity index (χ3v) is 10.00. The molecule has 0 aromatic heterocycles. The van der Waals surface area contributed by atoms with Crippen LogP contribution in [-0.4, -0.2) is 64.2 Å². The van der Waals surface area contributed by atoms with Crippen molar-refractivity contribution in [3.05, 3.63) is 71.8 Å². The highest BCUT2D eigenvalue weighted by Gasteiger charge is 2.85. The number of likely N-dealkylation sites (tertiary alicyclic amines) is 1. The molecule has 1 saturated carbocycles. The Kier molecular flexibility index (Phi) is 6.55. The fourth-order valence-electron chi connectivity index (χ4n) is 6.82. The lowest BCUT2D eigenvalue weighted by atomic mass is 9.63. The van der Waals surface area contributed by atoms with E-state index in [0.717, 1.165) is 22.3 Å². The van der Waals surface area contributed by atoms with E-state index in [1.54, 1.807) is 0 Å². The molecule has 2 aliphatic carbocycles. The summed E-state index contributed by atoms with van der Waals surface area (Å²) in [7, 11) is 0.